The van der Waals surface area contributed by atoms with Gasteiger partial charge in [0, 0.05) is 13.5 Å². The Hall–Kier alpha value is -2.57. The van der Waals surface area contributed by atoms with Crippen LogP contribution in [0.2, 0.25) is 0 Å². The number of carbonyl (C=O) groups is 3. The van der Waals surface area contributed by atoms with Crippen molar-refractivity contribution in [3.8, 4) is 0 Å². The van der Waals surface area contributed by atoms with Crippen LogP contribution >= 0.6 is 0 Å². The highest BCUT2D eigenvalue weighted by atomic mass is 16.6. The van der Waals surface area contributed by atoms with Gasteiger partial charge in [-0.1, -0.05) is 57.0 Å². The molecule has 0 saturated carbocycles. The molecule has 0 heterocycles. The number of ether oxygens (including phenoxy) is 3. The Bertz CT molecular complexity index is 619. The second-order valence-electron chi connectivity index (χ2n) is 6.80. The number of carbonyl (C=O) groups excluding carboxylic acids is 3. The van der Waals surface area contributed by atoms with E-state index in [1.54, 1.807) is 0 Å². The molecule has 1 rings (SSSR count). The van der Waals surface area contributed by atoms with Crippen molar-refractivity contribution < 1.29 is 28.6 Å². The van der Waals surface area contributed by atoms with E-state index in [4.69, 9.17) is 14.2 Å². The van der Waals surface area contributed by atoms with Gasteiger partial charge in [0.1, 0.15) is 12.6 Å². The largest absolute Gasteiger partial charge is 0.466 e. The lowest BCUT2D eigenvalue weighted by Gasteiger charge is -2.26. The van der Waals surface area contributed by atoms with E-state index < -0.39 is 24.1 Å². The van der Waals surface area contributed by atoms with Crippen LogP contribution in [0.4, 0.5) is 4.79 Å². The Balaban J connectivity index is 2.65. The summed E-state index contributed by atoms with van der Waals surface area (Å²) in [6, 6.07) is 8.36. The molecule has 1 amide bonds. The molecule has 162 valence electrons. The second kappa shape index (κ2) is 14.4. The average Bonchev–Trinajstić information content (AvgIpc) is 2.73. The SMILES string of the molecule is CCCCOC(=O)CC[C@@H](C(=O)OCCCC)N(C)C(=O)OCc1ccccc1. The smallest absolute Gasteiger partial charge is 0.410 e. The quantitative estimate of drug-likeness (QED) is 0.278. The molecule has 1 aromatic carbocycles. The fourth-order valence-corrected chi connectivity index (χ4v) is 2.49. The Morgan fingerprint density at radius 3 is 2.17 bits per heavy atom. The number of amides is 1. The van der Waals surface area contributed by atoms with Crippen molar-refractivity contribution >= 4 is 18.0 Å². The first-order chi connectivity index (χ1) is 14.0. The molecule has 0 aliphatic heterocycles. The van der Waals surface area contributed by atoms with Crippen LogP contribution in [0.5, 0.6) is 0 Å². The number of hydrogen-bond donors (Lipinski definition) is 0. The van der Waals surface area contributed by atoms with Gasteiger partial charge in [-0.2, -0.15) is 0 Å². The average molecular weight is 408 g/mol. The molecule has 0 aromatic heterocycles. The molecule has 0 fully saturated rings. The van der Waals surface area contributed by atoms with Crippen LogP contribution in [0.25, 0.3) is 0 Å². The van der Waals surface area contributed by atoms with Crippen LogP contribution in [0, 0.1) is 0 Å². The maximum atomic E-state index is 12.5. The zero-order valence-electron chi connectivity index (χ0n) is 17.7. The lowest BCUT2D eigenvalue weighted by Crippen LogP contribution is -2.44. The summed E-state index contributed by atoms with van der Waals surface area (Å²) < 4.78 is 15.7. The molecule has 7 heteroatoms. The van der Waals surface area contributed by atoms with Gasteiger partial charge < -0.3 is 14.2 Å². The molecule has 0 saturated heterocycles. The fourth-order valence-electron chi connectivity index (χ4n) is 2.49. The second-order valence-corrected chi connectivity index (χ2v) is 6.80. The minimum Gasteiger partial charge on any atom is -0.466 e. The van der Waals surface area contributed by atoms with Gasteiger partial charge in [0.05, 0.1) is 13.2 Å². The van der Waals surface area contributed by atoms with E-state index in [-0.39, 0.29) is 26.1 Å². The van der Waals surface area contributed by atoms with E-state index in [1.807, 2.05) is 44.2 Å². The van der Waals surface area contributed by atoms with Crippen molar-refractivity contribution in [1.82, 2.24) is 4.90 Å². The van der Waals surface area contributed by atoms with Gasteiger partial charge in [-0.25, -0.2) is 9.59 Å². The molecular weight excluding hydrogens is 374 g/mol. The van der Waals surface area contributed by atoms with Crippen molar-refractivity contribution in [1.29, 1.82) is 0 Å². The minimum atomic E-state index is -0.908. The van der Waals surface area contributed by atoms with E-state index in [0.29, 0.717) is 6.61 Å². The van der Waals surface area contributed by atoms with E-state index in [0.717, 1.165) is 31.2 Å². The first-order valence-electron chi connectivity index (χ1n) is 10.2. The Morgan fingerprint density at radius 1 is 0.931 bits per heavy atom. The lowest BCUT2D eigenvalue weighted by molar-refractivity contribution is -0.150. The number of rotatable bonds is 13. The van der Waals surface area contributed by atoms with Crippen molar-refractivity contribution in [2.75, 3.05) is 20.3 Å². The fraction of sp³-hybridized carbons (Fsp3) is 0.591. The summed E-state index contributed by atoms with van der Waals surface area (Å²) in [5.74, 6) is -0.935. The highest BCUT2D eigenvalue weighted by molar-refractivity contribution is 5.82. The number of benzene rings is 1. The number of likely N-dealkylation sites (N-methyl/N-ethyl adjacent to an activating group) is 1. The van der Waals surface area contributed by atoms with Gasteiger partial charge >= 0.3 is 18.0 Å². The molecule has 1 atom stereocenters. The van der Waals surface area contributed by atoms with Crippen LogP contribution in [-0.4, -0.2) is 49.2 Å². The van der Waals surface area contributed by atoms with Gasteiger partial charge in [-0.3, -0.25) is 9.69 Å². The first kappa shape index (κ1) is 24.5. The van der Waals surface area contributed by atoms with Crippen molar-refractivity contribution in [2.45, 2.75) is 65.0 Å². The standard InChI is InChI=1S/C22H33NO6/c1-4-6-15-27-20(24)14-13-19(21(25)28-16-7-5-2)23(3)22(26)29-17-18-11-9-8-10-12-18/h8-12,19H,4-7,13-17H2,1-3H3/t19-/m0/s1. The third-order valence-corrected chi connectivity index (χ3v) is 4.36. The third kappa shape index (κ3) is 9.96. The predicted octanol–water partition coefficient (Wildman–Crippen LogP) is 4.09. The van der Waals surface area contributed by atoms with Crippen LogP contribution in [-0.2, 0) is 30.4 Å². The molecular formula is C22H33NO6. The number of nitrogens with zero attached hydrogens (tertiary/aromatic N) is 1. The molecule has 0 aliphatic rings. The first-order valence-corrected chi connectivity index (χ1v) is 10.2. The Kier molecular flexibility index (Phi) is 12.2. The van der Waals surface area contributed by atoms with Crippen molar-refractivity contribution in [3.63, 3.8) is 0 Å². The lowest BCUT2D eigenvalue weighted by atomic mass is 10.1. The summed E-state index contributed by atoms with van der Waals surface area (Å²) in [4.78, 5) is 38.0. The molecule has 1 aromatic rings. The minimum absolute atomic E-state index is 0.0214. The van der Waals surface area contributed by atoms with E-state index >= 15 is 0 Å². The van der Waals surface area contributed by atoms with Crippen LogP contribution in [0.1, 0.15) is 57.9 Å². The molecule has 7 nitrogen and oxygen atoms in total. The highest BCUT2D eigenvalue weighted by Gasteiger charge is 2.30. The maximum absolute atomic E-state index is 12.5. The topological polar surface area (TPSA) is 82.1 Å². The summed E-state index contributed by atoms with van der Waals surface area (Å²) in [7, 11) is 1.47. The summed E-state index contributed by atoms with van der Waals surface area (Å²) in [6.07, 6.45) is 2.83. The summed E-state index contributed by atoms with van der Waals surface area (Å²) in [6.45, 7) is 4.73. The molecule has 0 spiro atoms. The molecule has 0 unspecified atom stereocenters. The van der Waals surface area contributed by atoms with E-state index in [9.17, 15) is 14.4 Å². The molecule has 0 radical (unpaired) electrons. The monoisotopic (exact) mass is 407 g/mol. The predicted molar refractivity (Wildman–Crippen MR) is 109 cm³/mol. The zero-order valence-corrected chi connectivity index (χ0v) is 17.7. The van der Waals surface area contributed by atoms with Crippen LogP contribution < -0.4 is 0 Å². The maximum Gasteiger partial charge on any atom is 0.410 e. The molecule has 0 aliphatic carbocycles. The summed E-state index contributed by atoms with van der Waals surface area (Å²) in [5.41, 5.74) is 0.843. The normalized spacial score (nSPS) is 11.4. The van der Waals surface area contributed by atoms with Crippen molar-refractivity contribution in [2.24, 2.45) is 0 Å². The Morgan fingerprint density at radius 2 is 1.55 bits per heavy atom. The van der Waals surface area contributed by atoms with E-state index in [1.165, 1.54) is 11.9 Å². The van der Waals surface area contributed by atoms with Gasteiger partial charge in [-0.15, -0.1) is 0 Å². The Labute approximate surface area is 173 Å². The highest BCUT2D eigenvalue weighted by Crippen LogP contribution is 2.12. The number of unbranched alkanes of at least 4 members (excludes halogenated alkanes) is 2. The molecule has 29 heavy (non-hydrogen) atoms. The van der Waals surface area contributed by atoms with E-state index in [2.05, 4.69) is 0 Å². The zero-order chi connectivity index (χ0) is 21.5. The van der Waals surface area contributed by atoms with Gasteiger partial charge in [0.15, 0.2) is 0 Å². The van der Waals surface area contributed by atoms with Gasteiger partial charge in [-0.05, 0) is 24.8 Å². The summed E-state index contributed by atoms with van der Waals surface area (Å²) in [5, 5.41) is 0. The molecule has 0 bridgehead atoms. The van der Waals surface area contributed by atoms with Gasteiger partial charge in [0.25, 0.3) is 0 Å². The molecule has 0 N–H and O–H groups in total. The number of esters is 2. The van der Waals surface area contributed by atoms with Crippen molar-refractivity contribution in [3.05, 3.63) is 35.9 Å². The van der Waals surface area contributed by atoms with Gasteiger partial charge in [0.2, 0.25) is 0 Å². The third-order valence-electron chi connectivity index (χ3n) is 4.36. The van der Waals surface area contributed by atoms with Crippen LogP contribution in [0.3, 0.4) is 0 Å². The van der Waals surface area contributed by atoms with Crippen LogP contribution in [0.15, 0.2) is 30.3 Å². The number of hydrogen-bond acceptors (Lipinski definition) is 6. The summed E-state index contributed by atoms with van der Waals surface area (Å²) >= 11 is 0.